The van der Waals surface area contributed by atoms with E-state index >= 15 is 0 Å². The van der Waals surface area contributed by atoms with Gasteiger partial charge in [-0.1, -0.05) is 18.5 Å². The van der Waals surface area contributed by atoms with Crippen LogP contribution in [0.3, 0.4) is 0 Å². The molecule has 0 saturated heterocycles. The van der Waals surface area contributed by atoms with E-state index in [4.69, 9.17) is 25.8 Å². The predicted octanol–water partition coefficient (Wildman–Crippen LogP) is 2.58. The van der Waals surface area contributed by atoms with Crippen molar-refractivity contribution in [1.29, 1.82) is 0 Å². The Morgan fingerprint density at radius 2 is 2.28 bits per heavy atom. The van der Waals surface area contributed by atoms with Gasteiger partial charge in [0.2, 0.25) is 6.79 Å². The van der Waals surface area contributed by atoms with Crippen molar-refractivity contribution in [3.63, 3.8) is 0 Å². The molecular weight excluding hydrogens is 254 g/mol. The molecule has 0 aliphatic carbocycles. The second-order valence-electron chi connectivity index (χ2n) is 4.25. The number of ether oxygens (including phenoxy) is 3. The summed E-state index contributed by atoms with van der Waals surface area (Å²) in [5.41, 5.74) is 1.08. The summed E-state index contributed by atoms with van der Waals surface area (Å²) in [4.78, 5) is 0. The molecule has 0 aromatic heterocycles. The first-order valence-corrected chi connectivity index (χ1v) is 6.42. The van der Waals surface area contributed by atoms with Crippen LogP contribution in [0.15, 0.2) is 12.1 Å². The Labute approximate surface area is 112 Å². The number of hydrogen-bond donors (Lipinski definition) is 1. The van der Waals surface area contributed by atoms with Gasteiger partial charge < -0.3 is 19.5 Å². The molecule has 100 valence electrons. The molecule has 0 fully saturated rings. The minimum Gasteiger partial charge on any atom is -0.454 e. The molecule has 5 heteroatoms. The highest BCUT2D eigenvalue weighted by Crippen LogP contribution is 2.39. The van der Waals surface area contributed by atoms with E-state index in [0.29, 0.717) is 23.4 Å². The molecule has 1 aromatic carbocycles. The van der Waals surface area contributed by atoms with E-state index in [2.05, 4.69) is 12.2 Å². The van der Waals surface area contributed by atoms with Gasteiger partial charge in [-0.15, -0.1) is 0 Å². The lowest BCUT2D eigenvalue weighted by Gasteiger charge is -2.16. The lowest BCUT2D eigenvalue weighted by Crippen LogP contribution is -2.31. The Balaban J connectivity index is 1.99. The molecular formula is C13H18ClNO3. The Hall–Kier alpha value is -0.970. The molecule has 1 N–H and O–H groups in total. The largest absolute Gasteiger partial charge is 0.454 e. The SMILES string of the molecule is CCC(COC)NCc1cc(Cl)c2c(c1)OCO2. The second-order valence-corrected chi connectivity index (χ2v) is 4.66. The molecule has 1 aliphatic heterocycles. The van der Waals surface area contributed by atoms with Gasteiger partial charge in [0.05, 0.1) is 11.6 Å². The van der Waals surface area contributed by atoms with E-state index in [9.17, 15) is 0 Å². The average Bonchev–Trinajstić information content (AvgIpc) is 2.83. The topological polar surface area (TPSA) is 39.7 Å². The van der Waals surface area contributed by atoms with Gasteiger partial charge in [0.25, 0.3) is 0 Å². The van der Waals surface area contributed by atoms with Gasteiger partial charge in [-0.3, -0.25) is 0 Å². The van der Waals surface area contributed by atoms with Gasteiger partial charge >= 0.3 is 0 Å². The van der Waals surface area contributed by atoms with Crippen LogP contribution in [0.5, 0.6) is 11.5 Å². The van der Waals surface area contributed by atoms with Gasteiger partial charge in [-0.2, -0.15) is 0 Å². The third-order valence-corrected chi connectivity index (χ3v) is 3.22. The summed E-state index contributed by atoms with van der Waals surface area (Å²) >= 11 is 6.13. The smallest absolute Gasteiger partial charge is 0.231 e. The molecule has 1 heterocycles. The number of benzene rings is 1. The number of nitrogens with one attached hydrogen (secondary N) is 1. The molecule has 4 nitrogen and oxygen atoms in total. The highest BCUT2D eigenvalue weighted by atomic mass is 35.5. The average molecular weight is 272 g/mol. The van der Waals surface area contributed by atoms with Crippen LogP contribution >= 0.6 is 11.6 Å². The number of fused-ring (bicyclic) bond motifs is 1. The number of rotatable bonds is 6. The van der Waals surface area contributed by atoms with Crippen molar-refractivity contribution in [1.82, 2.24) is 5.32 Å². The standard InChI is InChI=1S/C13H18ClNO3/c1-3-10(7-16-2)15-6-9-4-11(14)13-12(5-9)17-8-18-13/h4-5,10,15H,3,6-8H2,1-2H3. The molecule has 0 bridgehead atoms. The van der Waals surface area contributed by atoms with Gasteiger partial charge in [-0.25, -0.2) is 0 Å². The first kappa shape index (κ1) is 13.5. The molecule has 18 heavy (non-hydrogen) atoms. The summed E-state index contributed by atoms with van der Waals surface area (Å²) in [5.74, 6) is 1.36. The fraction of sp³-hybridized carbons (Fsp3) is 0.538. The zero-order valence-corrected chi connectivity index (χ0v) is 11.4. The minimum atomic E-state index is 0.243. The van der Waals surface area contributed by atoms with Crippen molar-refractivity contribution in [2.75, 3.05) is 20.5 Å². The van der Waals surface area contributed by atoms with Crippen LogP contribution in [0.4, 0.5) is 0 Å². The van der Waals surface area contributed by atoms with Gasteiger partial charge in [0.1, 0.15) is 0 Å². The summed E-state index contributed by atoms with van der Waals surface area (Å²) in [6.07, 6.45) is 1.02. The quantitative estimate of drug-likeness (QED) is 0.863. The molecule has 0 amide bonds. The Morgan fingerprint density at radius 1 is 1.44 bits per heavy atom. The zero-order chi connectivity index (χ0) is 13.0. The summed E-state index contributed by atoms with van der Waals surface area (Å²) in [7, 11) is 1.71. The monoisotopic (exact) mass is 271 g/mol. The normalized spacial score (nSPS) is 14.8. The molecule has 1 aromatic rings. The van der Waals surface area contributed by atoms with Crippen LogP contribution in [0, 0.1) is 0 Å². The van der Waals surface area contributed by atoms with Crippen molar-refractivity contribution in [3.05, 3.63) is 22.7 Å². The van der Waals surface area contributed by atoms with E-state index in [0.717, 1.165) is 24.3 Å². The van der Waals surface area contributed by atoms with Gasteiger partial charge in [0, 0.05) is 19.7 Å². The van der Waals surface area contributed by atoms with Crippen molar-refractivity contribution in [2.24, 2.45) is 0 Å². The Morgan fingerprint density at radius 3 is 3.00 bits per heavy atom. The molecule has 1 unspecified atom stereocenters. The van der Waals surface area contributed by atoms with Gasteiger partial charge in [-0.05, 0) is 24.1 Å². The van der Waals surface area contributed by atoms with Crippen LogP contribution in [0.1, 0.15) is 18.9 Å². The van der Waals surface area contributed by atoms with E-state index in [1.807, 2.05) is 12.1 Å². The van der Waals surface area contributed by atoms with Crippen LogP contribution in [0.25, 0.3) is 0 Å². The van der Waals surface area contributed by atoms with Gasteiger partial charge in [0.15, 0.2) is 11.5 Å². The molecule has 0 radical (unpaired) electrons. The lowest BCUT2D eigenvalue weighted by molar-refractivity contribution is 0.164. The van der Waals surface area contributed by atoms with E-state index in [1.165, 1.54) is 0 Å². The molecule has 0 saturated carbocycles. The van der Waals surface area contributed by atoms with Crippen LogP contribution in [0.2, 0.25) is 5.02 Å². The minimum absolute atomic E-state index is 0.243. The highest BCUT2D eigenvalue weighted by Gasteiger charge is 2.18. The van der Waals surface area contributed by atoms with Crippen molar-refractivity contribution in [2.45, 2.75) is 25.9 Å². The summed E-state index contributed by atoms with van der Waals surface area (Å²) in [5, 5.41) is 4.02. The third-order valence-electron chi connectivity index (χ3n) is 2.94. The number of hydrogen-bond acceptors (Lipinski definition) is 4. The van der Waals surface area contributed by atoms with E-state index in [1.54, 1.807) is 7.11 Å². The zero-order valence-electron chi connectivity index (χ0n) is 10.7. The van der Waals surface area contributed by atoms with Crippen molar-refractivity contribution < 1.29 is 14.2 Å². The maximum Gasteiger partial charge on any atom is 0.231 e. The molecule has 2 rings (SSSR count). The summed E-state index contributed by atoms with van der Waals surface area (Å²) < 4.78 is 15.8. The predicted molar refractivity (Wildman–Crippen MR) is 70.4 cm³/mol. The van der Waals surface area contributed by atoms with Crippen LogP contribution in [-0.4, -0.2) is 26.6 Å². The maximum atomic E-state index is 6.13. The Kier molecular flexibility index (Phi) is 4.69. The Bertz CT molecular complexity index is 411. The van der Waals surface area contributed by atoms with Crippen LogP contribution in [-0.2, 0) is 11.3 Å². The maximum absolute atomic E-state index is 6.13. The van der Waals surface area contributed by atoms with Crippen LogP contribution < -0.4 is 14.8 Å². The summed E-state index contributed by atoms with van der Waals surface area (Å²) in [6, 6.07) is 4.21. The van der Waals surface area contributed by atoms with Crippen molar-refractivity contribution >= 4 is 11.6 Å². The molecule has 1 aliphatic rings. The van der Waals surface area contributed by atoms with Crippen molar-refractivity contribution in [3.8, 4) is 11.5 Å². The first-order valence-electron chi connectivity index (χ1n) is 6.05. The lowest BCUT2D eigenvalue weighted by atomic mass is 10.1. The fourth-order valence-corrected chi connectivity index (χ4v) is 2.20. The number of methoxy groups -OCH3 is 1. The first-order chi connectivity index (χ1) is 8.74. The van der Waals surface area contributed by atoms with E-state index < -0.39 is 0 Å². The number of halogens is 1. The highest BCUT2D eigenvalue weighted by molar-refractivity contribution is 6.32. The third kappa shape index (κ3) is 3.07. The summed E-state index contributed by atoms with van der Waals surface area (Å²) in [6.45, 7) is 3.81. The fourth-order valence-electron chi connectivity index (χ4n) is 1.91. The second kappa shape index (κ2) is 6.27. The molecule has 1 atom stereocenters. The van der Waals surface area contributed by atoms with E-state index in [-0.39, 0.29) is 6.79 Å². The molecule has 0 spiro atoms.